The van der Waals surface area contributed by atoms with Crippen molar-refractivity contribution < 1.29 is 4.74 Å². The van der Waals surface area contributed by atoms with E-state index in [4.69, 9.17) is 4.74 Å². The Kier molecular flexibility index (Phi) is 2.94. The molecule has 0 aliphatic heterocycles. The van der Waals surface area contributed by atoms with Gasteiger partial charge in [-0.1, -0.05) is 0 Å². The van der Waals surface area contributed by atoms with E-state index in [-0.39, 0.29) is 0 Å². The van der Waals surface area contributed by atoms with E-state index in [2.05, 4.69) is 35.9 Å². The summed E-state index contributed by atoms with van der Waals surface area (Å²) < 4.78 is 7.18. The van der Waals surface area contributed by atoms with Crippen LogP contribution in [0.1, 0.15) is 11.1 Å². The van der Waals surface area contributed by atoms with Gasteiger partial charge in [-0.05, 0) is 0 Å². The zero-order chi connectivity index (χ0) is 12.5. The fraction of sp³-hybridized carbons (Fsp3) is 0.133. The number of nitrogens with zero attached hydrogens (tertiary/aromatic N) is 1. The second-order valence-corrected chi connectivity index (χ2v) is 6.39. The van der Waals surface area contributed by atoms with Crippen LogP contribution in [-0.4, -0.2) is 19.5 Å². The summed E-state index contributed by atoms with van der Waals surface area (Å²) in [6.45, 7) is 4.14. The van der Waals surface area contributed by atoms with Crippen LogP contribution in [-0.2, 0) is 0 Å². The Morgan fingerprint density at radius 3 is 2.61 bits per heavy atom. The van der Waals surface area contributed by atoms with Gasteiger partial charge in [0.2, 0.25) is 0 Å². The molecule has 3 aromatic rings. The van der Waals surface area contributed by atoms with Gasteiger partial charge in [0.25, 0.3) is 0 Å². The zero-order valence-corrected chi connectivity index (χ0v) is 12.0. The minimum atomic E-state index is 0.429. The van der Waals surface area contributed by atoms with E-state index in [0.29, 0.717) is 20.4 Å². The fourth-order valence-electron chi connectivity index (χ4n) is 2.01. The van der Waals surface area contributed by atoms with E-state index in [1.165, 1.54) is 20.8 Å². The first-order valence-corrected chi connectivity index (χ1v) is 7.65. The van der Waals surface area contributed by atoms with Gasteiger partial charge in [-0.15, -0.1) is 0 Å². The van der Waals surface area contributed by atoms with Gasteiger partial charge in [-0.25, -0.2) is 0 Å². The van der Waals surface area contributed by atoms with Crippen molar-refractivity contribution >= 4 is 24.1 Å². The molecule has 3 heteroatoms. The van der Waals surface area contributed by atoms with Crippen LogP contribution in [0.5, 0.6) is 11.6 Å². The molecule has 0 saturated carbocycles. The standard InChI is InChI=1S/C15H13NOSe/c1-10-5-11(2)7-13(6-10)17-15-8-14-12(9-16-15)3-4-18-14/h3-9H,1-2H3. The molecular formula is C15H13NOSe. The molecule has 0 bridgehead atoms. The van der Waals surface area contributed by atoms with Crippen LogP contribution in [0.25, 0.3) is 9.65 Å². The molecule has 3 rings (SSSR count). The van der Waals surface area contributed by atoms with Gasteiger partial charge in [0.1, 0.15) is 0 Å². The van der Waals surface area contributed by atoms with Crippen LogP contribution in [0.4, 0.5) is 0 Å². The van der Waals surface area contributed by atoms with E-state index >= 15 is 0 Å². The van der Waals surface area contributed by atoms with Crippen LogP contribution >= 0.6 is 0 Å². The van der Waals surface area contributed by atoms with Gasteiger partial charge >= 0.3 is 112 Å². The van der Waals surface area contributed by atoms with Gasteiger partial charge in [-0.2, -0.15) is 0 Å². The van der Waals surface area contributed by atoms with E-state index in [0.717, 1.165) is 5.75 Å². The SMILES string of the molecule is Cc1cc(C)cc(Oc2cc3[se]ccc3cn2)c1. The van der Waals surface area contributed by atoms with E-state index in [1.54, 1.807) is 0 Å². The van der Waals surface area contributed by atoms with Crippen molar-refractivity contribution in [3.63, 3.8) is 0 Å². The van der Waals surface area contributed by atoms with E-state index in [9.17, 15) is 0 Å². The molecule has 0 aliphatic rings. The topological polar surface area (TPSA) is 22.1 Å². The molecule has 0 N–H and O–H groups in total. The van der Waals surface area contributed by atoms with Crippen molar-refractivity contribution in [1.82, 2.24) is 4.98 Å². The van der Waals surface area contributed by atoms with Crippen molar-refractivity contribution in [2.24, 2.45) is 0 Å². The Morgan fingerprint density at radius 1 is 1.06 bits per heavy atom. The number of rotatable bonds is 2. The third kappa shape index (κ3) is 2.33. The first kappa shape index (κ1) is 11.5. The fourth-order valence-corrected chi connectivity index (χ4v) is 3.66. The summed E-state index contributed by atoms with van der Waals surface area (Å²) in [6, 6.07) is 10.4. The Labute approximate surface area is 112 Å². The second-order valence-electron chi connectivity index (χ2n) is 4.41. The van der Waals surface area contributed by atoms with E-state index in [1.807, 2.05) is 24.4 Å². The Bertz CT molecular complexity index is 682. The Hall–Kier alpha value is -1.57. The molecule has 0 amide bonds. The molecule has 0 aliphatic carbocycles. The molecule has 2 heterocycles. The predicted molar refractivity (Wildman–Crippen MR) is 74.7 cm³/mol. The maximum absolute atomic E-state index is 5.84. The van der Waals surface area contributed by atoms with Crippen LogP contribution < -0.4 is 4.74 Å². The first-order valence-electron chi connectivity index (χ1n) is 5.80. The summed E-state index contributed by atoms with van der Waals surface area (Å²) >= 11 is 0.429. The van der Waals surface area contributed by atoms with Crippen molar-refractivity contribution in [1.29, 1.82) is 0 Å². The van der Waals surface area contributed by atoms with Gasteiger partial charge in [-0.3, -0.25) is 0 Å². The van der Waals surface area contributed by atoms with Crippen LogP contribution in [0.15, 0.2) is 41.5 Å². The van der Waals surface area contributed by atoms with Crippen molar-refractivity contribution in [2.75, 3.05) is 0 Å². The first-order chi connectivity index (χ1) is 8.70. The molecule has 0 spiro atoms. The summed E-state index contributed by atoms with van der Waals surface area (Å²) in [4.78, 5) is 6.55. The third-order valence-electron chi connectivity index (χ3n) is 2.73. The summed E-state index contributed by atoms with van der Waals surface area (Å²) in [6.07, 6.45) is 1.89. The Balaban J connectivity index is 1.95. The van der Waals surface area contributed by atoms with Gasteiger partial charge in [0.15, 0.2) is 0 Å². The molecule has 1 aromatic carbocycles. The van der Waals surface area contributed by atoms with Crippen molar-refractivity contribution in [3.05, 3.63) is 52.6 Å². The molecular weight excluding hydrogens is 289 g/mol. The molecule has 0 atom stereocenters. The summed E-state index contributed by atoms with van der Waals surface area (Å²) in [5.41, 5.74) is 2.41. The number of hydrogen-bond acceptors (Lipinski definition) is 2. The normalized spacial score (nSPS) is 10.8. The van der Waals surface area contributed by atoms with Crippen molar-refractivity contribution in [2.45, 2.75) is 13.8 Å². The second kappa shape index (κ2) is 4.60. The quantitative estimate of drug-likeness (QED) is 0.673. The van der Waals surface area contributed by atoms with Gasteiger partial charge in [0.05, 0.1) is 0 Å². The van der Waals surface area contributed by atoms with Crippen LogP contribution in [0.2, 0.25) is 0 Å². The summed E-state index contributed by atoms with van der Waals surface area (Å²) in [5.74, 6) is 1.54. The van der Waals surface area contributed by atoms with Crippen molar-refractivity contribution in [3.8, 4) is 11.6 Å². The number of pyridine rings is 1. The number of aryl methyl sites for hydroxylation is 2. The number of ether oxygens (including phenoxy) is 1. The Morgan fingerprint density at radius 2 is 1.83 bits per heavy atom. The molecule has 2 nitrogen and oxygen atoms in total. The summed E-state index contributed by atoms with van der Waals surface area (Å²) in [7, 11) is 0. The molecule has 90 valence electrons. The maximum atomic E-state index is 5.84. The van der Waals surface area contributed by atoms with Crippen LogP contribution in [0, 0.1) is 13.8 Å². The number of aromatic nitrogens is 1. The molecule has 0 unspecified atom stereocenters. The third-order valence-corrected chi connectivity index (χ3v) is 4.58. The average molecular weight is 302 g/mol. The molecule has 0 radical (unpaired) electrons. The number of fused-ring (bicyclic) bond motifs is 1. The van der Waals surface area contributed by atoms with E-state index < -0.39 is 0 Å². The molecule has 0 saturated heterocycles. The predicted octanol–water partition coefficient (Wildman–Crippen LogP) is 3.70. The number of benzene rings is 1. The molecule has 2 aromatic heterocycles. The monoisotopic (exact) mass is 303 g/mol. The number of hydrogen-bond donors (Lipinski definition) is 0. The summed E-state index contributed by atoms with van der Waals surface area (Å²) in [5, 5.41) is 1.22. The average Bonchev–Trinajstić information content (AvgIpc) is 2.74. The molecule has 18 heavy (non-hydrogen) atoms. The van der Waals surface area contributed by atoms with Crippen LogP contribution in [0.3, 0.4) is 0 Å². The zero-order valence-electron chi connectivity index (χ0n) is 10.3. The van der Waals surface area contributed by atoms with Gasteiger partial charge < -0.3 is 0 Å². The van der Waals surface area contributed by atoms with Gasteiger partial charge in [0, 0.05) is 0 Å². The molecule has 0 fully saturated rings. The minimum absolute atomic E-state index is 0.429.